The Morgan fingerprint density at radius 3 is 2.42 bits per heavy atom. The van der Waals surface area contributed by atoms with Crippen LogP contribution in [0, 0.1) is 10.1 Å². The molecule has 5 nitrogen and oxygen atoms in total. The Morgan fingerprint density at radius 1 is 1.11 bits per heavy atom. The highest BCUT2D eigenvalue weighted by molar-refractivity contribution is 7.99. The first-order valence-electron chi connectivity index (χ1n) is 5.30. The van der Waals surface area contributed by atoms with Crippen LogP contribution in [-0.4, -0.2) is 11.0 Å². The summed E-state index contributed by atoms with van der Waals surface area (Å²) >= 11 is 1.29. The first kappa shape index (κ1) is 13.0. The van der Waals surface area contributed by atoms with Crippen molar-refractivity contribution in [3.05, 3.63) is 58.6 Å². The maximum absolute atomic E-state index is 10.9. The number of isocyanates is 1. The molecule has 0 N–H and O–H groups in total. The van der Waals surface area contributed by atoms with E-state index in [4.69, 9.17) is 0 Å². The Morgan fingerprint density at radius 2 is 1.79 bits per heavy atom. The van der Waals surface area contributed by atoms with Crippen LogP contribution in [0.4, 0.5) is 11.4 Å². The number of nitrogens with zero attached hydrogens (tertiary/aromatic N) is 2. The lowest BCUT2D eigenvalue weighted by Crippen LogP contribution is -1.89. The zero-order chi connectivity index (χ0) is 13.7. The van der Waals surface area contributed by atoms with Gasteiger partial charge < -0.3 is 0 Å². The molecule has 0 heterocycles. The van der Waals surface area contributed by atoms with Crippen molar-refractivity contribution in [3.63, 3.8) is 0 Å². The molecule has 0 bridgehead atoms. The van der Waals surface area contributed by atoms with Crippen molar-refractivity contribution in [2.75, 3.05) is 0 Å². The van der Waals surface area contributed by atoms with Gasteiger partial charge in [0.25, 0.3) is 5.69 Å². The minimum absolute atomic E-state index is 0.0717. The van der Waals surface area contributed by atoms with Crippen LogP contribution in [0.5, 0.6) is 0 Å². The van der Waals surface area contributed by atoms with Crippen LogP contribution < -0.4 is 0 Å². The van der Waals surface area contributed by atoms with E-state index in [0.29, 0.717) is 10.6 Å². The minimum Gasteiger partial charge on any atom is -0.258 e. The van der Waals surface area contributed by atoms with Crippen LogP contribution in [0.25, 0.3) is 0 Å². The van der Waals surface area contributed by atoms with Gasteiger partial charge in [0.15, 0.2) is 0 Å². The smallest absolute Gasteiger partial charge is 0.258 e. The van der Waals surface area contributed by atoms with Gasteiger partial charge in [0.2, 0.25) is 6.08 Å². The SMILES string of the molecule is O=C=Nc1ccc(Sc2ccccc2[N+](=O)[O-])cc1. The maximum Gasteiger partial charge on any atom is 0.283 e. The second-order valence-corrected chi connectivity index (χ2v) is 4.64. The van der Waals surface area contributed by atoms with Gasteiger partial charge in [-0.15, -0.1) is 0 Å². The van der Waals surface area contributed by atoms with Gasteiger partial charge in [-0.3, -0.25) is 10.1 Å². The van der Waals surface area contributed by atoms with Gasteiger partial charge in [0, 0.05) is 11.0 Å². The van der Waals surface area contributed by atoms with E-state index in [9.17, 15) is 14.9 Å². The lowest BCUT2D eigenvalue weighted by atomic mass is 10.3. The zero-order valence-corrected chi connectivity index (χ0v) is 10.5. The Kier molecular flexibility index (Phi) is 4.07. The van der Waals surface area contributed by atoms with Crippen molar-refractivity contribution in [3.8, 4) is 0 Å². The van der Waals surface area contributed by atoms with Gasteiger partial charge in [0.1, 0.15) is 0 Å². The Labute approximate surface area is 113 Å². The number of para-hydroxylation sites is 1. The van der Waals surface area contributed by atoms with E-state index in [1.54, 1.807) is 42.5 Å². The van der Waals surface area contributed by atoms with E-state index in [1.807, 2.05) is 0 Å². The van der Waals surface area contributed by atoms with Gasteiger partial charge in [0.05, 0.1) is 15.5 Å². The Balaban J connectivity index is 2.26. The highest BCUT2D eigenvalue weighted by Crippen LogP contribution is 2.34. The highest BCUT2D eigenvalue weighted by atomic mass is 32.2. The van der Waals surface area contributed by atoms with E-state index < -0.39 is 4.92 Å². The summed E-state index contributed by atoms with van der Waals surface area (Å²) in [6.45, 7) is 0. The van der Waals surface area contributed by atoms with Gasteiger partial charge in [-0.2, -0.15) is 4.99 Å². The van der Waals surface area contributed by atoms with Crippen molar-refractivity contribution in [1.82, 2.24) is 0 Å². The highest BCUT2D eigenvalue weighted by Gasteiger charge is 2.13. The third-order valence-corrected chi connectivity index (χ3v) is 3.37. The summed E-state index contributed by atoms with van der Waals surface area (Å²) < 4.78 is 0. The summed E-state index contributed by atoms with van der Waals surface area (Å²) in [6.07, 6.45) is 1.46. The van der Waals surface area contributed by atoms with Crippen LogP contribution in [0.3, 0.4) is 0 Å². The molecule has 0 amide bonds. The third-order valence-electron chi connectivity index (χ3n) is 2.30. The normalized spacial score (nSPS) is 9.68. The van der Waals surface area contributed by atoms with E-state index in [1.165, 1.54) is 23.9 Å². The minimum atomic E-state index is -0.409. The van der Waals surface area contributed by atoms with Gasteiger partial charge in [-0.1, -0.05) is 23.9 Å². The van der Waals surface area contributed by atoms with E-state index in [-0.39, 0.29) is 5.69 Å². The van der Waals surface area contributed by atoms with Crippen LogP contribution in [0.1, 0.15) is 0 Å². The molecular weight excluding hydrogens is 264 g/mol. The average molecular weight is 272 g/mol. The number of hydrogen-bond acceptors (Lipinski definition) is 5. The van der Waals surface area contributed by atoms with Gasteiger partial charge in [-0.05, 0) is 30.3 Å². The zero-order valence-electron chi connectivity index (χ0n) is 9.65. The molecular formula is C13H8N2O3S. The third kappa shape index (κ3) is 3.28. The molecule has 0 aliphatic rings. The largest absolute Gasteiger partial charge is 0.283 e. The monoisotopic (exact) mass is 272 g/mol. The lowest BCUT2D eigenvalue weighted by molar-refractivity contribution is -0.387. The summed E-state index contributed by atoms with van der Waals surface area (Å²) in [4.78, 5) is 25.5. The molecule has 0 aliphatic carbocycles. The predicted molar refractivity (Wildman–Crippen MR) is 71.4 cm³/mol. The number of carbonyl (C=O) groups excluding carboxylic acids is 1. The number of aliphatic imine (C=N–C) groups is 1. The van der Waals surface area contributed by atoms with Crippen molar-refractivity contribution < 1.29 is 9.72 Å². The fraction of sp³-hybridized carbons (Fsp3) is 0. The molecule has 2 aromatic rings. The van der Waals surface area contributed by atoms with Crippen molar-refractivity contribution in [2.45, 2.75) is 9.79 Å². The molecule has 0 radical (unpaired) electrons. The van der Waals surface area contributed by atoms with Crippen molar-refractivity contribution in [1.29, 1.82) is 0 Å². The molecule has 0 aliphatic heterocycles. The van der Waals surface area contributed by atoms with Crippen LogP contribution in [0.2, 0.25) is 0 Å². The molecule has 2 aromatic carbocycles. The van der Waals surface area contributed by atoms with Crippen LogP contribution in [0.15, 0.2) is 63.3 Å². The van der Waals surface area contributed by atoms with Crippen LogP contribution in [-0.2, 0) is 4.79 Å². The molecule has 6 heteroatoms. The van der Waals surface area contributed by atoms with Gasteiger partial charge >= 0.3 is 0 Å². The Bertz CT molecular complexity index is 649. The summed E-state index contributed by atoms with van der Waals surface area (Å²) in [7, 11) is 0. The molecule has 2 rings (SSSR count). The second kappa shape index (κ2) is 5.95. The number of rotatable bonds is 4. The van der Waals surface area contributed by atoms with Crippen LogP contribution >= 0.6 is 11.8 Å². The second-order valence-electron chi connectivity index (χ2n) is 3.52. The molecule has 0 atom stereocenters. The maximum atomic E-state index is 10.9. The fourth-order valence-electron chi connectivity index (χ4n) is 1.46. The topological polar surface area (TPSA) is 72.6 Å². The van der Waals surface area contributed by atoms with E-state index in [0.717, 1.165) is 4.90 Å². The first-order valence-corrected chi connectivity index (χ1v) is 6.11. The quantitative estimate of drug-likeness (QED) is 0.368. The molecule has 0 aromatic heterocycles. The number of benzene rings is 2. The van der Waals surface area contributed by atoms with E-state index in [2.05, 4.69) is 4.99 Å². The first-order chi connectivity index (χ1) is 9.20. The van der Waals surface area contributed by atoms with Crippen molar-refractivity contribution >= 4 is 29.2 Å². The molecule has 94 valence electrons. The average Bonchev–Trinajstić information content (AvgIpc) is 2.42. The van der Waals surface area contributed by atoms with Crippen molar-refractivity contribution in [2.24, 2.45) is 4.99 Å². The summed E-state index contributed by atoms with van der Waals surface area (Å²) in [6, 6.07) is 13.3. The summed E-state index contributed by atoms with van der Waals surface area (Å²) in [5.74, 6) is 0. The molecule has 0 unspecified atom stereocenters. The molecule has 0 saturated heterocycles. The molecule has 0 saturated carbocycles. The number of nitro benzene ring substituents is 1. The van der Waals surface area contributed by atoms with Gasteiger partial charge in [-0.25, -0.2) is 4.79 Å². The molecule has 0 spiro atoms. The lowest BCUT2D eigenvalue weighted by Gasteiger charge is -2.02. The Hall–Kier alpha value is -2.43. The number of hydrogen-bond donors (Lipinski definition) is 0. The fourth-order valence-corrected chi connectivity index (χ4v) is 2.38. The summed E-state index contributed by atoms with van der Waals surface area (Å²) in [5.41, 5.74) is 0.574. The molecule has 19 heavy (non-hydrogen) atoms. The van der Waals surface area contributed by atoms with E-state index >= 15 is 0 Å². The molecule has 0 fully saturated rings. The number of nitro groups is 1. The summed E-state index contributed by atoms with van der Waals surface area (Å²) in [5, 5.41) is 10.9. The standard InChI is InChI=1S/C13H8N2O3S/c16-9-14-10-5-7-11(8-6-10)19-13-4-2-1-3-12(13)15(17)18/h1-8H. The predicted octanol–water partition coefficient (Wildman–Crippen LogP) is 3.71.